The van der Waals surface area contributed by atoms with Gasteiger partial charge in [-0.1, -0.05) is 54.6 Å². The zero-order chi connectivity index (χ0) is 20.6. The molecular formula is C23H22Cl2N2O2. The maximum absolute atomic E-state index is 12.6. The summed E-state index contributed by atoms with van der Waals surface area (Å²) in [5.74, 6) is 0.174. The van der Waals surface area contributed by atoms with E-state index in [1.165, 1.54) is 12.5 Å². The predicted octanol–water partition coefficient (Wildman–Crippen LogP) is 5.93. The zero-order valence-corrected chi connectivity index (χ0v) is 17.5. The third kappa shape index (κ3) is 6.25. The normalized spacial score (nSPS) is 14.9. The van der Waals surface area contributed by atoms with Gasteiger partial charge in [0, 0.05) is 21.7 Å². The summed E-state index contributed by atoms with van der Waals surface area (Å²) in [7, 11) is 0. The summed E-state index contributed by atoms with van der Waals surface area (Å²) >= 11 is 12.1. The maximum atomic E-state index is 12.6. The van der Waals surface area contributed by atoms with Crippen LogP contribution in [0, 0.1) is 11.3 Å². The van der Waals surface area contributed by atoms with Crippen LogP contribution in [0.2, 0.25) is 10.0 Å². The summed E-state index contributed by atoms with van der Waals surface area (Å²) in [6, 6.07) is 14.6. The second-order valence-electron chi connectivity index (χ2n) is 7.08. The standard InChI is InChI=1S/C23H22Cl2N2O2/c24-19-6-4-5-16(11-19)15-29-22-10-9-20(25)13-17(22)12-18(14-26)23(28)27-21-7-2-1-3-8-21/h4-6,9-13,21H,1-3,7-8,15H2,(H,27,28)/b18-12+. The quantitative estimate of drug-likeness (QED) is 0.458. The van der Waals surface area contributed by atoms with Crippen molar-refractivity contribution in [3.63, 3.8) is 0 Å². The second-order valence-corrected chi connectivity index (χ2v) is 7.95. The Labute approximate surface area is 181 Å². The number of nitrogens with zero attached hydrogens (tertiary/aromatic N) is 1. The van der Waals surface area contributed by atoms with E-state index in [9.17, 15) is 10.1 Å². The number of nitriles is 1. The van der Waals surface area contributed by atoms with Crippen LogP contribution in [0.5, 0.6) is 5.75 Å². The molecular weight excluding hydrogens is 407 g/mol. The van der Waals surface area contributed by atoms with Gasteiger partial charge in [0.25, 0.3) is 5.91 Å². The molecule has 3 rings (SSSR count). The van der Waals surface area contributed by atoms with Crippen molar-refractivity contribution < 1.29 is 9.53 Å². The molecule has 0 atom stereocenters. The number of nitrogens with one attached hydrogen (secondary N) is 1. The van der Waals surface area contributed by atoms with Gasteiger partial charge in [-0.2, -0.15) is 5.26 Å². The number of carbonyl (C=O) groups is 1. The van der Waals surface area contributed by atoms with Crippen molar-refractivity contribution in [2.24, 2.45) is 0 Å². The van der Waals surface area contributed by atoms with Gasteiger partial charge < -0.3 is 10.1 Å². The van der Waals surface area contributed by atoms with Gasteiger partial charge in [0.05, 0.1) is 0 Å². The van der Waals surface area contributed by atoms with E-state index in [0.717, 1.165) is 31.2 Å². The molecule has 0 bridgehead atoms. The minimum atomic E-state index is -0.361. The highest BCUT2D eigenvalue weighted by Gasteiger charge is 2.18. The highest BCUT2D eigenvalue weighted by molar-refractivity contribution is 6.31. The zero-order valence-electron chi connectivity index (χ0n) is 16.0. The van der Waals surface area contributed by atoms with Crippen LogP contribution in [0.1, 0.15) is 43.2 Å². The van der Waals surface area contributed by atoms with Crippen LogP contribution in [-0.4, -0.2) is 11.9 Å². The topological polar surface area (TPSA) is 62.1 Å². The van der Waals surface area contributed by atoms with Crippen molar-refractivity contribution >= 4 is 35.2 Å². The van der Waals surface area contributed by atoms with Gasteiger partial charge in [0.2, 0.25) is 0 Å². The number of hydrogen-bond acceptors (Lipinski definition) is 3. The van der Waals surface area contributed by atoms with Gasteiger partial charge in [0.1, 0.15) is 24.0 Å². The van der Waals surface area contributed by atoms with Gasteiger partial charge in [-0.3, -0.25) is 4.79 Å². The first-order valence-electron chi connectivity index (χ1n) is 9.64. The molecule has 0 unspecified atom stereocenters. The van der Waals surface area contributed by atoms with Crippen LogP contribution in [0.3, 0.4) is 0 Å². The van der Waals surface area contributed by atoms with Gasteiger partial charge in [0.15, 0.2) is 0 Å². The van der Waals surface area contributed by atoms with Crippen LogP contribution < -0.4 is 10.1 Å². The number of benzene rings is 2. The number of amides is 1. The van der Waals surface area contributed by atoms with Crippen LogP contribution in [-0.2, 0) is 11.4 Å². The monoisotopic (exact) mass is 428 g/mol. The van der Waals surface area contributed by atoms with Gasteiger partial charge in [-0.25, -0.2) is 0 Å². The number of ether oxygens (including phenoxy) is 1. The summed E-state index contributed by atoms with van der Waals surface area (Å²) in [5.41, 5.74) is 1.53. The molecule has 1 fully saturated rings. The van der Waals surface area contributed by atoms with E-state index in [2.05, 4.69) is 5.32 Å². The minimum absolute atomic E-state index is 0.0328. The lowest BCUT2D eigenvalue weighted by Gasteiger charge is -2.22. The Kier molecular flexibility index (Phi) is 7.57. The molecule has 0 radical (unpaired) electrons. The summed E-state index contributed by atoms with van der Waals surface area (Å²) in [4.78, 5) is 12.6. The Morgan fingerprint density at radius 1 is 1.14 bits per heavy atom. The number of carbonyl (C=O) groups excluding carboxylic acids is 1. The molecule has 6 heteroatoms. The number of hydrogen-bond donors (Lipinski definition) is 1. The van der Waals surface area contributed by atoms with Crippen molar-refractivity contribution in [3.8, 4) is 11.8 Å². The SMILES string of the molecule is N#C/C(=C\c1cc(Cl)ccc1OCc1cccc(Cl)c1)C(=O)NC1CCCCC1. The Balaban J connectivity index is 1.77. The highest BCUT2D eigenvalue weighted by atomic mass is 35.5. The second kappa shape index (κ2) is 10.3. The molecule has 1 aliphatic carbocycles. The molecule has 2 aromatic carbocycles. The number of rotatable bonds is 6. The average molecular weight is 429 g/mol. The van der Waals surface area contributed by atoms with Crippen LogP contribution in [0.4, 0.5) is 0 Å². The van der Waals surface area contributed by atoms with Crippen molar-refractivity contribution in [2.45, 2.75) is 44.8 Å². The molecule has 0 aliphatic heterocycles. The van der Waals surface area contributed by atoms with Crippen LogP contribution in [0.25, 0.3) is 6.08 Å². The first-order chi connectivity index (χ1) is 14.0. The fourth-order valence-electron chi connectivity index (χ4n) is 3.37. The van der Waals surface area contributed by atoms with Crippen molar-refractivity contribution in [1.29, 1.82) is 5.26 Å². The Morgan fingerprint density at radius 3 is 2.62 bits per heavy atom. The lowest BCUT2D eigenvalue weighted by atomic mass is 9.95. The molecule has 29 heavy (non-hydrogen) atoms. The largest absolute Gasteiger partial charge is 0.488 e. The molecule has 1 N–H and O–H groups in total. The highest BCUT2D eigenvalue weighted by Crippen LogP contribution is 2.27. The van der Waals surface area contributed by atoms with Crippen molar-refractivity contribution in [1.82, 2.24) is 5.32 Å². The molecule has 1 saturated carbocycles. The Bertz CT molecular complexity index is 944. The molecule has 0 saturated heterocycles. The van der Waals surface area contributed by atoms with E-state index in [1.54, 1.807) is 24.3 Å². The van der Waals surface area contributed by atoms with E-state index < -0.39 is 0 Å². The summed E-state index contributed by atoms with van der Waals surface area (Å²) < 4.78 is 5.91. The summed E-state index contributed by atoms with van der Waals surface area (Å²) in [5, 5.41) is 13.6. The smallest absolute Gasteiger partial charge is 0.262 e. The molecule has 0 heterocycles. The molecule has 4 nitrogen and oxygen atoms in total. The van der Waals surface area contributed by atoms with Gasteiger partial charge in [-0.15, -0.1) is 0 Å². The fraction of sp³-hybridized carbons (Fsp3) is 0.304. The molecule has 1 aliphatic rings. The minimum Gasteiger partial charge on any atom is -0.488 e. The summed E-state index contributed by atoms with van der Waals surface area (Å²) in [6.45, 7) is 0.305. The first-order valence-corrected chi connectivity index (χ1v) is 10.4. The van der Waals surface area contributed by atoms with Crippen LogP contribution >= 0.6 is 23.2 Å². The van der Waals surface area contributed by atoms with E-state index in [4.69, 9.17) is 27.9 Å². The van der Waals surface area contributed by atoms with Crippen molar-refractivity contribution in [3.05, 3.63) is 69.2 Å². The van der Waals surface area contributed by atoms with Gasteiger partial charge >= 0.3 is 0 Å². The first kappa shape index (κ1) is 21.2. The molecule has 0 aromatic heterocycles. The predicted molar refractivity (Wildman–Crippen MR) is 116 cm³/mol. The Hall–Kier alpha value is -2.48. The van der Waals surface area contributed by atoms with Crippen LogP contribution in [0.15, 0.2) is 48.0 Å². The van der Waals surface area contributed by atoms with Crippen molar-refractivity contribution in [2.75, 3.05) is 0 Å². The third-order valence-electron chi connectivity index (χ3n) is 4.86. The fourth-order valence-corrected chi connectivity index (χ4v) is 3.76. The van der Waals surface area contributed by atoms with Gasteiger partial charge in [-0.05, 0) is 54.8 Å². The number of halogens is 2. The molecule has 2 aromatic rings. The molecule has 0 spiro atoms. The maximum Gasteiger partial charge on any atom is 0.262 e. The van der Waals surface area contributed by atoms with E-state index in [-0.39, 0.29) is 17.5 Å². The van der Waals surface area contributed by atoms with E-state index >= 15 is 0 Å². The molecule has 150 valence electrons. The lowest BCUT2D eigenvalue weighted by molar-refractivity contribution is -0.117. The molecule has 1 amide bonds. The average Bonchev–Trinajstić information content (AvgIpc) is 2.72. The van der Waals surface area contributed by atoms with E-state index in [0.29, 0.717) is 28.0 Å². The van der Waals surface area contributed by atoms with E-state index in [1.807, 2.05) is 24.3 Å². The third-order valence-corrected chi connectivity index (χ3v) is 5.33. The Morgan fingerprint density at radius 2 is 1.90 bits per heavy atom. The summed E-state index contributed by atoms with van der Waals surface area (Å²) in [6.07, 6.45) is 6.84. The lowest BCUT2D eigenvalue weighted by Crippen LogP contribution is -2.36.